The molecule has 0 bridgehead atoms. The number of amides is 3. The van der Waals surface area contributed by atoms with Gasteiger partial charge < -0.3 is 15.1 Å². The first-order chi connectivity index (χ1) is 12.6. The van der Waals surface area contributed by atoms with Gasteiger partial charge in [-0.2, -0.15) is 0 Å². The summed E-state index contributed by atoms with van der Waals surface area (Å²) in [5, 5.41) is 5.25. The van der Waals surface area contributed by atoms with E-state index in [0.717, 1.165) is 32.2 Å². The number of anilines is 1. The smallest absolute Gasteiger partial charge is 0.231 e. The van der Waals surface area contributed by atoms with Gasteiger partial charge in [0.2, 0.25) is 17.7 Å². The van der Waals surface area contributed by atoms with E-state index in [1.165, 1.54) is 11.3 Å². The topological polar surface area (TPSA) is 82.6 Å². The lowest BCUT2D eigenvalue weighted by Crippen LogP contribution is -2.50. The molecule has 2 atom stereocenters. The largest absolute Gasteiger partial charge is 0.342 e. The lowest BCUT2D eigenvalue weighted by atomic mass is 9.92. The Morgan fingerprint density at radius 3 is 2.54 bits per heavy atom. The molecule has 1 aromatic heterocycles. The van der Waals surface area contributed by atoms with Gasteiger partial charge in [-0.25, -0.2) is 4.98 Å². The van der Waals surface area contributed by atoms with Crippen molar-refractivity contribution in [2.75, 3.05) is 31.5 Å². The molecule has 1 N–H and O–H groups in total. The minimum atomic E-state index is -0.200. The number of rotatable bonds is 4. The van der Waals surface area contributed by atoms with E-state index in [0.29, 0.717) is 31.2 Å². The van der Waals surface area contributed by atoms with Crippen molar-refractivity contribution in [2.45, 2.75) is 39.0 Å². The number of aromatic nitrogens is 1. The minimum absolute atomic E-state index is 0.0659. The molecule has 3 rings (SSSR count). The van der Waals surface area contributed by atoms with Gasteiger partial charge >= 0.3 is 0 Å². The molecule has 3 amide bonds. The zero-order valence-corrected chi connectivity index (χ0v) is 16.0. The molecular formula is C18H26N4O3S. The maximum absolute atomic E-state index is 12.9. The molecule has 0 spiro atoms. The Bertz CT molecular complexity index is 649. The summed E-state index contributed by atoms with van der Waals surface area (Å²) in [5.74, 6) is -0.204. The second-order valence-electron chi connectivity index (χ2n) is 6.98. The van der Waals surface area contributed by atoms with Gasteiger partial charge in [0.25, 0.3) is 0 Å². The summed E-state index contributed by atoms with van der Waals surface area (Å²) in [6.45, 7) is 4.25. The zero-order chi connectivity index (χ0) is 18.5. The quantitative estimate of drug-likeness (QED) is 0.868. The van der Waals surface area contributed by atoms with E-state index < -0.39 is 0 Å². The molecule has 2 saturated heterocycles. The van der Waals surface area contributed by atoms with Gasteiger partial charge in [0.05, 0.1) is 11.8 Å². The molecule has 142 valence electrons. The van der Waals surface area contributed by atoms with Crippen molar-refractivity contribution in [1.29, 1.82) is 0 Å². The van der Waals surface area contributed by atoms with Crippen molar-refractivity contribution in [1.82, 2.24) is 14.8 Å². The average molecular weight is 378 g/mol. The summed E-state index contributed by atoms with van der Waals surface area (Å²) in [7, 11) is 0. The molecule has 2 unspecified atom stereocenters. The van der Waals surface area contributed by atoms with Gasteiger partial charge in [0.15, 0.2) is 5.13 Å². The van der Waals surface area contributed by atoms with Crippen LogP contribution in [-0.4, -0.2) is 58.7 Å². The van der Waals surface area contributed by atoms with Crippen LogP contribution in [0.5, 0.6) is 0 Å². The standard InChI is InChI=1S/C18H26N4O3S/c1-2-15(23)21-8-4-6-14(12-21)17(25)22-9-3-5-13(11-22)16(24)20-18-19-7-10-26-18/h7,10,13-14H,2-6,8-9,11-12H2,1H3,(H,19,20,24). The highest BCUT2D eigenvalue weighted by Gasteiger charge is 2.34. The van der Waals surface area contributed by atoms with E-state index >= 15 is 0 Å². The third kappa shape index (κ3) is 4.41. The fourth-order valence-electron chi connectivity index (χ4n) is 3.77. The molecule has 0 aromatic carbocycles. The molecular weight excluding hydrogens is 352 g/mol. The van der Waals surface area contributed by atoms with Crippen LogP contribution in [-0.2, 0) is 14.4 Å². The number of hydrogen-bond acceptors (Lipinski definition) is 5. The van der Waals surface area contributed by atoms with E-state index in [9.17, 15) is 14.4 Å². The first kappa shape index (κ1) is 18.8. The average Bonchev–Trinajstić information content (AvgIpc) is 3.20. The summed E-state index contributed by atoms with van der Waals surface area (Å²) in [5.41, 5.74) is 0. The third-order valence-electron chi connectivity index (χ3n) is 5.19. The molecule has 1 aromatic rings. The summed E-state index contributed by atoms with van der Waals surface area (Å²) in [4.78, 5) is 45.1. The monoisotopic (exact) mass is 378 g/mol. The molecule has 7 nitrogen and oxygen atoms in total. The van der Waals surface area contributed by atoms with Crippen LogP contribution >= 0.6 is 11.3 Å². The van der Waals surface area contributed by atoms with E-state index in [1.54, 1.807) is 6.20 Å². The first-order valence-corrected chi connectivity index (χ1v) is 10.2. The molecule has 0 aliphatic carbocycles. The van der Waals surface area contributed by atoms with Gasteiger partial charge in [0, 0.05) is 44.2 Å². The number of hydrogen-bond donors (Lipinski definition) is 1. The molecule has 2 aliphatic rings. The Balaban J connectivity index is 1.57. The van der Waals surface area contributed by atoms with Crippen molar-refractivity contribution in [3.63, 3.8) is 0 Å². The predicted octanol–water partition coefficient (Wildman–Crippen LogP) is 1.97. The van der Waals surface area contributed by atoms with Crippen LogP contribution in [0.4, 0.5) is 5.13 Å². The molecule has 0 radical (unpaired) electrons. The molecule has 2 aliphatic heterocycles. The van der Waals surface area contributed by atoms with Crippen molar-refractivity contribution >= 4 is 34.2 Å². The Hall–Kier alpha value is -1.96. The third-order valence-corrected chi connectivity index (χ3v) is 5.88. The van der Waals surface area contributed by atoms with Crippen LogP contribution in [0.3, 0.4) is 0 Å². The lowest BCUT2D eigenvalue weighted by Gasteiger charge is -2.38. The second kappa shape index (κ2) is 8.62. The van der Waals surface area contributed by atoms with E-state index in [-0.39, 0.29) is 29.6 Å². The Morgan fingerprint density at radius 2 is 1.85 bits per heavy atom. The minimum Gasteiger partial charge on any atom is -0.342 e. The van der Waals surface area contributed by atoms with Gasteiger partial charge in [0.1, 0.15) is 0 Å². The van der Waals surface area contributed by atoms with Crippen molar-refractivity contribution in [2.24, 2.45) is 11.8 Å². The van der Waals surface area contributed by atoms with Crippen LogP contribution in [0.1, 0.15) is 39.0 Å². The highest BCUT2D eigenvalue weighted by Crippen LogP contribution is 2.24. The highest BCUT2D eigenvalue weighted by molar-refractivity contribution is 7.13. The molecule has 26 heavy (non-hydrogen) atoms. The van der Waals surface area contributed by atoms with Gasteiger partial charge in [-0.1, -0.05) is 6.92 Å². The van der Waals surface area contributed by atoms with Crippen LogP contribution in [0.25, 0.3) is 0 Å². The van der Waals surface area contributed by atoms with Gasteiger partial charge in [-0.3, -0.25) is 14.4 Å². The van der Waals surface area contributed by atoms with Gasteiger partial charge in [-0.05, 0) is 25.7 Å². The number of thiazole rings is 1. The Kier molecular flexibility index (Phi) is 6.24. The number of carbonyl (C=O) groups is 3. The number of nitrogens with one attached hydrogen (secondary N) is 1. The van der Waals surface area contributed by atoms with E-state index in [4.69, 9.17) is 0 Å². The fourth-order valence-corrected chi connectivity index (χ4v) is 4.30. The normalized spacial score (nSPS) is 23.6. The van der Waals surface area contributed by atoms with E-state index in [2.05, 4.69) is 10.3 Å². The molecule has 2 fully saturated rings. The van der Waals surface area contributed by atoms with Crippen LogP contribution in [0.2, 0.25) is 0 Å². The number of piperidine rings is 2. The van der Waals surface area contributed by atoms with Crippen molar-refractivity contribution < 1.29 is 14.4 Å². The van der Waals surface area contributed by atoms with E-state index in [1.807, 2.05) is 22.1 Å². The van der Waals surface area contributed by atoms with Crippen LogP contribution < -0.4 is 5.32 Å². The molecule has 0 saturated carbocycles. The van der Waals surface area contributed by atoms with Gasteiger partial charge in [-0.15, -0.1) is 11.3 Å². The fraction of sp³-hybridized carbons (Fsp3) is 0.667. The number of nitrogens with zero attached hydrogens (tertiary/aromatic N) is 3. The molecule has 8 heteroatoms. The summed E-state index contributed by atoms with van der Waals surface area (Å²) >= 11 is 1.39. The highest BCUT2D eigenvalue weighted by atomic mass is 32.1. The summed E-state index contributed by atoms with van der Waals surface area (Å²) < 4.78 is 0. The predicted molar refractivity (Wildman–Crippen MR) is 99.6 cm³/mol. The van der Waals surface area contributed by atoms with Crippen molar-refractivity contribution in [3.8, 4) is 0 Å². The summed E-state index contributed by atoms with van der Waals surface area (Å²) in [6.07, 6.45) is 5.42. The number of carbonyl (C=O) groups excluding carboxylic acids is 3. The number of likely N-dealkylation sites (tertiary alicyclic amines) is 2. The summed E-state index contributed by atoms with van der Waals surface area (Å²) in [6, 6.07) is 0. The lowest BCUT2D eigenvalue weighted by molar-refractivity contribution is -0.142. The Morgan fingerprint density at radius 1 is 1.15 bits per heavy atom. The molecule has 3 heterocycles. The second-order valence-corrected chi connectivity index (χ2v) is 7.88. The maximum atomic E-state index is 12.9. The Labute approximate surface area is 157 Å². The maximum Gasteiger partial charge on any atom is 0.231 e. The van der Waals surface area contributed by atoms with Crippen LogP contribution in [0, 0.1) is 11.8 Å². The SMILES string of the molecule is CCC(=O)N1CCCC(C(=O)N2CCCC(C(=O)Nc3nccs3)C2)C1. The van der Waals surface area contributed by atoms with Crippen molar-refractivity contribution in [3.05, 3.63) is 11.6 Å². The van der Waals surface area contributed by atoms with Crippen LogP contribution in [0.15, 0.2) is 11.6 Å². The first-order valence-electron chi connectivity index (χ1n) is 9.35. The zero-order valence-electron chi connectivity index (χ0n) is 15.1.